The maximum absolute atomic E-state index is 13.0. The summed E-state index contributed by atoms with van der Waals surface area (Å²) in [7, 11) is -3.74. The molecule has 1 heterocycles. The Labute approximate surface area is 205 Å². The first kappa shape index (κ1) is 25.7. The van der Waals surface area contributed by atoms with Crippen LogP contribution in [0.25, 0.3) is 0 Å². The summed E-state index contributed by atoms with van der Waals surface area (Å²) in [4.78, 5) is 15.3. The van der Waals surface area contributed by atoms with Gasteiger partial charge in [-0.25, -0.2) is 13.4 Å². The molecular weight excluding hydrogens is 476 g/mol. The molecule has 3 rings (SSSR count). The van der Waals surface area contributed by atoms with E-state index in [1.807, 2.05) is 56.3 Å². The van der Waals surface area contributed by atoms with Crippen LogP contribution in [0, 0.1) is 0 Å². The van der Waals surface area contributed by atoms with Gasteiger partial charge in [0, 0.05) is 10.9 Å². The van der Waals surface area contributed by atoms with Crippen molar-refractivity contribution in [1.29, 1.82) is 0 Å². The van der Waals surface area contributed by atoms with Crippen LogP contribution < -0.4 is 4.72 Å². The lowest BCUT2D eigenvalue weighted by molar-refractivity contribution is -0.136. The molecule has 2 N–H and O–H groups in total. The second kappa shape index (κ2) is 11.5. The van der Waals surface area contributed by atoms with Crippen molar-refractivity contribution in [2.24, 2.45) is 10.1 Å². The number of aliphatic carboxylic acids is 1. The van der Waals surface area contributed by atoms with Crippen LogP contribution >= 0.6 is 11.6 Å². The number of hydrogen-bond donors (Lipinski definition) is 2. The smallest absolute Gasteiger partial charge is 0.305 e. The van der Waals surface area contributed by atoms with Gasteiger partial charge in [0.1, 0.15) is 0 Å². The summed E-state index contributed by atoms with van der Waals surface area (Å²) in [6.45, 7) is 3.90. The molecule has 0 fully saturated rings. The Morgan fingerprint density at radius 3 is 2.41 bits per heavy atom. The fourth-order valence-electron chi connectivity index (χ4n) is 3.82. The SMILES string of the molecule is CCC(CC)S(=O)(=O)NC(=NCCC(=O)O)N1CC(c2ccccc2)C(c2ccc(Cl)cc2)=N1. The van der Waals surface area contributed by atoms with Crippen molar-refractivity contribution in [1.82, 2.24) is 9.73 Å². The number of carbonyl (C=O) groups is 1. The van der Waals surface area contributed by atoms with Gasteiger partial charge in [0.2, 0.25) is 16.0 Å². The van der Waals surface area contributed by atoms with Crippen molar-refractivity contribution in [3.05, 3.63) is 70.7 Å². The van der Waals surface area contributed by atoms with Crippen LogP contribution in [-0.4, -0.2) is 54.5 Å². The molecule has 1 atom stereocenters. The summed E-state index contributed by atoms with van der Waals surface area (Å²) in [6, 6.07) is 17.1. The van der Waals surface area contributed by atoms with Crippen LogP contribution in [0.5, 0.6) is 0 Å². The molecule has 10 heteroatoms. The molecule has 0 radical (unpaired) electrons. The van der Waals surface area contributed by atoms with E-state index in [0.29, 0.717) is 24.4 Å². The second-order valence-electron chi connectivity index (χ2n) is 7.97. The van der Waals surface area contributed by atoms with Crippen LogP contribution in [0.4, 0.5) is 0 Å². The van der Waals surface area contributed by atoms with Gasteiger partial charge in [-0.05, 0) is 36.1 Å². The van der Waals surface area contributed by atoms with E-state index in [-0.39, 0.29) is 24.8 Å². The molecule has 1 aliphatic rings. The molecule has 34 heavy (non-hydrogen) atoms. The molecule has 182 valence electrons. The van der Waals surface area contributed by atoms with E-state index in [1.165, 1.54) is 5.01 Å². The first-order chi connectivity index (χ1) is 16.2. The number of nitrogens with zero attached hydrogens (tertiary/aromatic N) is 3. The van der Waals surface area contributed by atoms with Crippen LogP contribution in [0.2, 0.25) is 5.02 Å². The number of sulfonamides is 1. The Morgan fingerprint density at radius 1 is 1.18 bits per heavy atom. The lowest BCUT2D eigenvalue weighted by Crippen LogP contribution is -2.45. The zero-order valence-corrected chi connectivity index (χ0v) is 20.8. The lowest BCUT2D eigenvalue weighted by atomic mass is 9.91. The zero-order chi connectivity index (χ0) is 24.7. The second-order valence-corrected chi connectivity index (χ2v) is 10.4. The minimum Gasteiger partial charge on any atom is -0.481 e. The Hall–Kier alpha value is -2.91. The molecule has 1 aliphatic heterocycles. The molecule has 0 bridgehead atoms. The van der Waals surface area contributed by atoms with Crippen molar-refractivity contribution < 1.29 is 18.3 Å². The maximum atomic E-state index is 13.0. The molecule has 2 aromatic rings. The number of hydrogen-bond acceptors (Lipinski definition) is 5. The third-order valence-corrected chi connectivity index (χ3v) is 7.93. The summed E-state index contributed by atoms with van der Waals surface area (Å²) >= 11 is 6.07. The highest BCUT2D eigenvalue weighted by Gasteiger charge is 2.34. The highest BCUT2D eigenvalue weighted by atomic mass is 35.5. The standard InChI is InChI=1S/C24H29ClN4O4S/c1-3-20(4-2)34(32,33)28-24(26-15-14-22(30)31)29-16-21(17-8-6-5-7-9-17)23(27-29)18-10-12-19(25)13-11-18/h5-13,20-21H,3-4,14-16H2,1-2H3,(H,26,28)(H,30,31). The van der Waals surface area contributed by atoms with Crippen molar-refractivity contribution >= 4 is 39.3 Å². The number of carboxylic acids is 1. The molecule has 0 saturated heterocycles. The quantitative estimate of drug-likeness (QED) is 0.394. The monoisotopic (exact) mass is 504 g/mol. The average Bonchev–Trinajstić information content (AvgIpc) is 3.25. The van der Waals surface area contributed by atoms with E-state index in [1.54, 1.807) is 12.1 Å². The maximum Gasteiger partial charge on any atom is 0.305 e. The van der Waals surface area contributed by atoms with E-state index >= 15 is 0 Å². The van der Waals surface area contributed by atoms with Gasteiger partial charge in [-0.2, -0.15) is 5.10 Å². The van der Waals surface area contributed by atoms with Gasteiger partial charge in [-0.1, -0.05) is 67.9 Å². The topological polar surface area (TPSA) is 111 Å². The molecule has 0 aromatic heterocycles. The fourth-order valence-corrected chi connectivity index (χ4v) is 5.42. The van der Waals surface area contributed by atoms with Crippen LogP contribution in [-0.2, 0) is 14.8 Å². The summed E-state index contributed by atoms with van der Waals surface area (Å²) in [6.07, 6.45) is 0.667. The van der Waals surface area contributed by atoms with E-state index in [0.717, 1.165) is 16.8 Å². The minimum atomic E-state index is -3.74. The Bertz CT molecular complexity index is 1150. The van der Waals surface area contributed by atoms with Crippen molar-refractivity contribution in [3.63, 3.8) is 0 Å². The van der Waals surface area contributed by atoms with Crippen LogP contribution in [0.15, 0.2) is 64.7 Å². The molecule has 8 nitrogen and oxygen atoms in total. The molecule has 2 aromatic carbocycles. The number of halogens is 1. The Morgan fingerprint density at radius 2 is 1.82 bits per heavy atom. The first-order valence-electron chi connectivity index (χ1n) is 11.2. The molecule has 0 saturated carbocycles. The third-order valence-electron chi connectivity index (χ3n) is 5.67. The molecule has 1 unspecified atom stereocenters. The molecule has 0 aliphatic carbocycles. The van der Waals surface area contributed by atoms with Gasteiger partial charge in [0.25, 0.3) is 0 Å². The largest absolute Gasteiger partial charge is 0.481 e. The van der Waals surface area contributed by atoms with Crippen molar-refractivity contribution in [2.75, 3.05) is 13.1 Å². The van der Waals surface area contributed by atoms with Gasteiger partial charge in [0.15, 0.2) is 0 Å². The van der Waals surface area contributed by atoms with Gasteiger partial charge in [-0.3, -0.25) is 14.5 Å². The average molecular weight is 505 g/mol. The van der Waals surface area contributed by atoms with E-state index < -0.39 is 21.2 Å². The van der Waals surface area contributed by atoms with Crippen LogP contribution in [0.3, 0.4) is 0 Å². The molecule has 0 amide bonds. The third kappa shape index (κ3) is 6.36. The summed E-state index contributed by atoms with van der Waals surface area (Å²) < 4.78 is 28.6. The van der Waals surface area contributed by atoms with E-state index in [2.05, 4.69) is 9.71 Å². The zero-order valence-electron chi connectivity index (χ0n) is 19.2. The fraction of sp³-hybridized carbons (Fsp3) is 0.375. The number of guanidine groups is 1. The minimum absolute atomic E-state index is 0.0260. The summed E-state index contributed by atoms with van der Waals surface area (Å²) in [5, 5.41) is 15.3. The normalized spacial score (nSPS) is 16.6. The molecular formula is C24H29ClN4O4S. The summed E-state index contributed by atoms with van der Waals surface area (Å²) in [5.74, 6) is -1.14. The number of carboxylic acid groups (broad SMARTS) is 1. The highest BCUT2D eigenvalue weighted by Crippen LogP contribution is 2.29. The predicted octanol–water partition coefficient (Wildman–Crippen LogP) is 4.08. The Kier molecular flexibility index (Phi) is 8.68. The van der Waals surface area contributed by atoms with Gasteiger partial charge >= 0.3 is 5.97 Å². The number of rotatable bonds is 9. The Balaban J connectivity index is 2.01. The van der Waals surface area contributed by atoms with E-state index in [4.69, 9.17) is 21.8 Å². The number of benzene rings is 2. The van der Waals surface area contributed by atoms with Crippen molar-refractivity contribution in [2.45, 2.75) is 44.3 Å². The first-order valence-corrected chi connectivity index (χ1v) is 13.1. The summed E-state index contributed by atoms with van der Waals surface area (Å²) in [5.41, 5.74) is 2.62. The molecule has 0 spiro atoms. The van der Waals surface area contributed by atoms with E-state index in [9.17, 15) is 13.2 Å². The highest BCUT2D eigenvalue weighted by molar-refractivity contribution is 7.90. The number of nitrogens with one attached hydrogen (secondary N) is 1. The predicted molar refractivity (Wildman–Crippen MR) is 135 cm³/mol. The van der Waals surface area contributed by atoms with Gasteiger partial charge in [-0.15, -0.1) is 0 Å². The van der Waals surface area contributed by atoms with Gasteiger partial charge < -0.3 is 5.11 Å². The van der Waals surface area contributed by atoms with Crippen LogP contribution in [0.1, 0.15) is 50.2 Å². The van der Waals surface area contributed by atoms with Gasteiger partial charge in [0.05, 0.1) is 30.5 Å². The number of aliphatic imine (C=N–C) groups is 1. The lowest BCUT2D eigenvalue weighted by Gasteiger charge is -2.22. The number of hydrazone groups is 1. The van der Waals surface area contributed by atoms with Crippen molar-refractivity contribution in [3.8, 4) is 0 Å².